The van der Waals surface area contributed by atoms with Gasteiger partial charge < -0.3 is 26.9 Å². The van der Waals surface area contributed by atoms with Gasteiger partial charge in [-0.05, 0) is 53.4 Å². The highest BCUT2D eigenvalue weighted by Gasteiger charge is 2.19. The van der Waals surface area contributed by atoms with Gasteiger partial charge in [0.15, 0.2) is 0 Å². The molecule has 0 aliphatic heterocycles. The Bertz CT molecular complexity index is 500. The number of rotatable bonds is 12. The summed E-state index contributed by atoms with van der Waals surface area (Å²) < 4.78 is 0. The molecule has 0 aliphatic carbocycles. The summed E-state index contributed by atoms with van der Waals surface area (Å²) >= 11 is 0. The highest BCUT2D eigenvalue weighted by molar-refractivity contribution is 5.87. The van der Waals surface area contributed by atoms with Crippen LogP contribution >= 0.6 is 0 Å². The van der Waals surface area contributed by atoms with Crippen molar-refractivity contribution in [2.24, 2.45) is 10.9 Å². The van der Waals surface area contributed by atoms with Gasteiger partial charge in [0.05, 0.1) is 12.3 Å². The van der Waals surface area contributed by atoms with E-state index in [1.165, 1.54) is 0 Å². The maximum Gasteiger partial charge on any atom is 0.240 e. The summed E-state index contributed by atoms with van der Waals surface area (Å²) in [6.07, 6.45) is 2.39. The van der Waals surface area contributed by atoms with Crippen molar-refractivity contribution < 1.29 is 19.6 Å². The summed E-state index contributed by atoms with van der Waals surface area (Å²) in [5.41, 5.74) is 5.64. The molecule has 0 fully saturated rings. The van der Waals surface area contributed by atoms with Crippen LogP contribution in [0.2, 0.25) is 0 Å². The minimum atomic E-state index is -0.719. The number of unbranched alkanes of at least 4 members (excludes halogenated alkanes) is 1. The quantitative estimate of drug-likeness (QED) is 0.145. The molecule has 0 aromatic heterocycles. The van der Waals surface area contributed by atoms with E-state index in [0.29, 0.717) is 37.9 Å². The fourth-order valence-corrected chi connectivity index (χ4v) is 2.01. The molecular formula is C17H33N5O4. The highest BCUT2D eigenvalue weighted by Crippen LogP contribution is 2.02. The molecule has 0 bridgehead atoms. The molecule has 1 unspecified atom stereocenters. The lowest BCUT2D eigenvalue weighted by Gasteiger charge is -2.21. The van der Waals surface area contributed by atoms with Gasteiger partial charge in [-0.15, -0.1) is 0 Å². The molecule has 9 nitrogen and oxygen atoms in total. The molecule has 150 valence electrons. The fourth-order valence-electron chi connectivity index (χ4n) is 2.01. The van der Waals surface area contributed by atoms with E-state index in [1.807, 2.05) is 20.8 Å². The lowest BCUT2D eigenvalue weighted by molar-refractivity contribution is -0.127. The number of amides is 3. The largest absolute Gasteiger partial charge is 0.411 e. The number of nitrogens with zero attached hydrogens (tertiary/aromatic N) is 1. The monoisotopic (exact) mass is 371 g/mol. The molecule has 0 aromatic carbocycles. The summed E-state index contributed by atoms with van der Waals surface area (Å²) in [6, 6.07) is -0.719. The number of hydrogen-bond acceptors (Lipinski definition) is 6. The van der Waals surface area contributed by atoms with Crippen LogP contribution in [0.25, 0.3) is 0 Å². The lowest BCUT2D eigenvalue weighted by atomic mass is 10.1. The molecule has 1 atom stereocenters. The van der Waals surface area contributed by atoms with Crippen LogP contribution < -0.4 is 21.7 Å². The predicted molar refractivity (Wildman–Crippen MR) is 99.9 cm³/mol. The van der Waals surface area contributed by atoms with E-state index in [4.69, 9.17) is 10.9 Å². The molecule has 0 aromatic rings. The minimum absolute atomic E-state index is 0.111. The molecule has 0 radical (unpaired) electrons. The zero-order valence-electron chi connectivity index (χ0n) is 16.2. The van der Waals surface area contributed by atoms with Gasteiger partial charge in [-0.3, -0.25) is 14.4 Å². The number of oxime groups is 1. The van der Waals surface area contributed by atoms with Gasteiger partial charge in [0.1, 0.15) is 6.04 Å². The third-order valence-corrected chi connectivity index (χ3v) is 3.58. The van der Waals surface area contributed by atoms with Crippen LogP contribution in [-0.4, -0.2) is 53.3 Å². The van der Waals surface area contributed by atoms with Crippen molar-refractivity contribution >= 4 is 23.4 Å². The molecule has 9 heteroatoms. The molecule has 0 spiro atoms. The molecule has 0 saturated heterocycles. The van der Waals surface area contributed by atoms with Gasteiger partial charge in [-0.2, -0.15) is 0 Å². The van der Waals surface area contributed by atoms with E-state index >= 15 is 0 Å². The van der Waals surface area contributed by atoms with E-state index in [-0.39, 0.29) is 30.3 Å². The van der Waals surface area contributed by atoms with Crippen molar-refractivity contribution in [2.75, 3.05) is 13.1 Å². The molecule has 26 heavy (non-hydrogen) atoms. The summed E-state index contributed by atoms with van der Waals surface area (Å²) in [6.45, 7) is 8.05. The first kappa shape index (κ1) is 23.8. The number of nitrogens with two attached hydrogens (primary N) is 1. The van der Waals surface area contributed by atoms with Gasteiger partial charge in [0, 0.05) is 18.5 Å². The second kappa shape index (κ2) is 12.2. The Hall–Kier alpha value is -2.16. The van der Waals surface area contributed by atoms with E-state index in [2.05, 4.69) is 21.1 Å². The number of carbonyl (C=O) groups excluding carboxylic acids is 3. The van der Waals surface area contributed by atoms with Gasteiger partial charge >= 0.3 is 0 Å². The smallest absolute Gasteiger partial charge is 0.240 e. The molecule has 3 amide bonds. The first-order chi connectivity index (χ1) is 12.0. The van der Waals surface area contributed by atoms with Crippen molar-refractivity contribution in [3.8, 4) is 0 Å². The maximum absolute atomic E-state index is 11.9. The first-order valence-electron chi connectivity index (χ1n) is 8.83. The third-order valence-electron chi connectivity index (χ3n) is 3.58. The van der Waals surface area contributed by atoms with Crippen LogP contribution in [0.15, 0.2) is 5.16 Å². The Morgan fingerprint density at radius 1 is 1.12 bits per heavy atom. The van der Waals surface area contributed by atoms with Crippen LogP contribution in [0.4, 0.5) is 0 Å². The Morgan fingerprint density at radius 3 is 2.31 bits per heavy atom. The van der Waals surface area contributed by atoms with Crippen LogP contribution in [-0.2, 0) is 14.4 Å². The molecule has 0 saturated carbocycles. The van der Waals surface area contributed by atoms with Crippen LogP contribution in [0.5, 0.6) is 0 Å². The molecule has 0 rings (SSSR count). The topological polar surface area (TPSA) is 146 Å². The van der Waals surface area contributed by atoms with Gasteiger partial charge in [-0.25, -0.2) is 0 Å². The van der Waals surface area contributed by atoms with Crippen LogP contribution in [0.3, 0.4) is 0 Å². The fraction of sp³-hybridized carbons (Fsp3) is 0.765. The standard InChI is InChI=1S/C17H33N5O4/c1-12(22-26)8-9-14(23)19-10-6-5-7-13(16(18)25)21-15(24)11-20-17(2,3)4/h13,20,26H,5-11H2,1-4H3,(H2,18,25)(H,19,23)(H,21,24)/b22-12-. The molecule has 0 heterocycles. The maximum atomic E-state index is 11.9. The van der Waals surface area contributed by atoms with Crippen molar-refractivity contribution in [1.29, 1.82) is 0 Å². The van der Waals surface area contributed by atoms with Gasteiger partial charge in [0.25, 0.3) is 0 Å². The number of nitrogens with one attached hydrogen (secondary N) is 3. The summed E-state index contributed by atoms with van der Waals surface area (Å²) in [4.78, 5) is 34.9. The number of primary amides is 1. The van der Waals surface area contributed by atoms with Crippen molar-refractivity contribution in [3.05, 3.63) is 0 Å². The first-order valence-corrected chi connectivity index (χ1v) is 8.83. The van der Waals surface area contributed by atoms with E-state index in [1.54, 1.807) is 6.92 Å². The predicted octanol–water partition coefficient (Wildman–Crippen LogP) is 0.261. The zero-order valence-corrected chi connectivity index (χ0v) is 16.2. The Morgan fingerprint density at radius 2 is 1.77 bits per heavy atom. The minimum Gasteiger partial charge on any atom is -0.411 e. The normalized spacial score (nSPS) is 13.2. The SMILES string of the molecule is C/C(CCC(=O)NCCCCC(NC(=O)CNC(C)(C)C)C(N)=O)=N/O. The van der Waals surface area contributed by atoms with E-state index in [9.17, 15) is 14.4 Å². The summed E-state index contributed by atoms with van der Waals surface area (Å²) in [5.74, 6) is -0.976. The van der Waals surface area contributed by atoms with Crippen molar-refractivity contribution in [2.45, 2.75) is 71.4 Å². The summed E-state index contributed by atoms with van der Waals surface area (Å²) in [7, 11) is 0. The average molecular weight is 371 g/mol. The number of hydrogen-bond donors (Lipinski definition) is 5. The van der Waals surface area contributed by atoms with Crippen LogP contribution in [0.1, 0.15) is 59.8 Å². The lowest BCUT2D eigenvalue weighted by Crippen LogP contribution is -2.49. The molecule has 6 N–H and O–H groups in total. The summed E-state index contributed by atoms with van der Waals surface area (Å²) in [5, 5.41) is 19.9. The van der Waals surface area contributed by atoms with Gasteiger partial charge in [0.2, 0.25) is 17.7 Å². The van der Waals surface area contributed by atoms with Crippen molar-refractivity contribution in [1.82, 2.24) is 16.0 Å². The zero-order chi connectivity index (χ0) is 20.2. The third kappa shape index (κ3) is 13.2. The van der Waals surface area contributed by atoms with Crippen molar-refractivity contribution in [3.63, 3.8) is 0 Å². The number of carbonyl (C=O) groups is 3. The Labute approximate surface area is 155 Å². The van der Waals surface area contributed by atoms with E-state index in [0.717, 1.165) is 0 Å². The average Bonchev–Trinajstić information content (AvgIpc) is 2.55. The van der Waals surface area contributed by atoms with E-state index < -0.39 is 11.9 Å². The highest BCUT2D eigenvalue weighted by atomic mass is 16.4. The molecular weight excluding hydrogens is 338 g/mol. The Balaban J connectivity index is 4.02. The molecule has 0 aliphatic rings. The second-order valence-corrected chi connectivity index (χ2v) is 7.31. The van der Waals surface area contributed by atoms with Gasteiger partial charge in [-0.1, -0.05) is 5.16 Å². The Kier molecular flexibility index (Phi) is 11.2. The second-order valence-electron chi connectivity index (χ2n) is 7.31. The van der Waals surface area contributed by atoms with Crippen LogP contribution in [0, 0.1) is 0 Å².